The maximum atomic E-state index is 13.6. The Labute approximate surface area is 171 Å². The van der Waals surface area contributed by atoms with Gasteiger partial charge in [-0.1, -0.05) is 0 Å². The molecule has 1 aliphatic carbocycles. The molecule has 30 heavy (non-hydrogen) atoms. The Balaban J connectivity index is 1.63. The molecule has 1 fully saturated rings. The molecule has 0 saturated heterocycles. The van der Waals surface area contributed by atoms with Gasteiger partial charge in [0.05, 0.1) is 29.3 Å². The van der Waals surface area contributed by atoms with Crippen LogP contribution in [-0.2, 0) is 0 Å². The van der Waals surface area contributed by atoms with Crippen molar-refractivity contribution in [3.8, 4) is 11.4 Å². The van der Waals surface area contributed by atoms with Crippen LogP contribution in [0, 0.1) is 0 Å². The molecule has 1 saturated carbocycles. The summed E-state index contributed by atoms with van der Waals surface area (Å²) in [6.07, 6.45) is 5.18. The van der Waals surface area contributed by atoms with Crippen LogP contribution >= 0.6 is 0 Å². The van der Waals surface area contributed by atoms with E-state index in [2.05, 4.69) is 26.0 Å². The minimum absolute atomic E-state index is 0.307. The fourth-order valence-electron chi connectivity index (χ4n) is 3.72. The summed E-state index contributed by atoms with van der Waals surface area (Å²) in [5.41, 5.74) is 3.84. The highest BCUT2D eigenvalue weighted by Crippen LogP contribution is 2.28. The van der Waals surface area contributed by atoms with Gasteiger partial charge in [-0.15, -0.1) is 0 Å². The minimum atomic E-state index is -0.993. The lowest BCUT2D eigenvalue weighted by molar-refractivity contribution is 0.0826. The molecule has 4 heterocycles. The van der Waals surface area contributed by atoms with Crippen LogP contribution in [0.3, 0.4) is 0 Å². The molecule has 4 aromatic heterocycles. The summed E-state index contributed by atoms with van der Waals surface area (Å²) in [6, 6.07) is 5.29. The number of aromatic nitrogens is 5. The lowest BCUT2D eigenvalue weighted by Crippen LogP contribution is -2.48. The largest absolute Gasteiger partial charge is 0.385 e. The maximum Gasteiger partial charge on any atom is 0.257 e. The molecule has 0 spiro atoms. The first kappa shape index (κ1) is 18.3. The molecular formula is C20H21FN8O. The highest BCUT2D eigenvalue weighted by atomic mass is 19.1. The van der Waals surface area contributed by atoms with E-state index >= 15 is 0 Å². The minimum Gasteiger partial charge on any atom is -0.385 e. The molecule has 1 aliphatic rings. The molecule has 3 N–H and O–H groups in total. The highest BCUT2D eigenvalue weighted by Gasteiger charge is 2.33. The second kappa shape index (κ2) is 6.97. The van der Waals surface area contributed by atoms with Crippen LogP contribution in [0.25, 0.3) is 22.7 Å². The molecule has 154 valence electrons. The van der Waals surface area contributed by atoms with E-state index < -0.39 is 12.2 Å². The third kappa shape index (κ3) is 2.75. The van der Waals surface area contributed by atoms with Gasteiger partial charge in [-0.05, 0) is 25.0 Å². The second-order valence-electron chi connectivity index (χ2n) is 7.25. The number of halogens is 1. The van der Waals surface area contributed by atoms with Gasteiger partial charge in [0, 0.05) is 32.6 Å². The molecule has 2 atom stereocenters. The van der Waals surface area contributed by atoms with Gasteiger partial charge >= 0.3 is 0 Å². The average molecular weight is 408 g/mol. The Hall–Kier alpha value is -3.69. The predicted octanol–water partition coefficient (Wildman–Crippen LogP) is 2.36. The van der Waals surface area contributed by atoms with Crippen molar-refractivity contribution in [2.45, 2.75) is 25.1 Å². The van der Waals surface area contributed by atoms with E-state index in [1.807, 2.05) is 35.8 Å². The maximum absolute atomic E-state index is 13.6. The first-order chi connectivity index (χ1) is 14.6. The normalized spacial score (nSPS) is 18.4. The molecule has 0 bridgehead atoms. The first-order valence-corrected chi connectivity index (χ1v) is 9.76. The molecule has 0 aliphatic heterocycles. The van der Waals surface area contributed by atoms with Gasteiger partial charge in [-0.3, -0.25) is 9.20 Å². The van der Waals surface area contributed by atoms with E-state index in [1.54, 1.807) is 17.8 Å². The van der Waals surface area contributed by atoms with Gasteiger partial charge in [0.25, 0.3) is 5.91 Å². The van der Waals surface area contributed by atoms with Gasteiger partial charge in [0.15, 0.2) is 11.3 Å². The topological polar surface area (TPSA) is 101 Å². The van der Waals surface area contributed by atoms with Crippen molar-refractivity contribution in [1.29, 1.82) is 0 Å². The number of hydrogen-bond donors (Lipinski definition) is 3. The van der Waals surface area contributed by atoms with Crippen LogP contribution in [-0.4, -0.2) is 56.2 Å². The summed E-state index contributed by atoms with van der Waals surface area (Å²) < 4.78 is 17.1. The van der Waals surface area contributed by atoms with Gasteiger partial charge in [0.2, 0.25) is 0 Å². The van der Waals surface area contributed by atoms with E-state index in [-0.39, 0.29) is 5.91 Å². The molecular weight excluding hydrogens is 387 g/mol. The van der Waals surface area contributed by atoms with Crippen molar-refractivity contribution in [3.63, 3.8) is 0 Å². The summed E-state index contributed by atoms with van der Waals surface area (Å²) in [5.74, 6) is 0.300. The van der Waals surface area contributed by atoms with Crippen molar-refractivity contribution in [1.82, 2.24) is 29.3 Å². The number of alkyl halides is 1. The van der Waals surface area contributed by atoms with E-state index in [9.17, 15) is 9.18 Å². The van der Waals surface area contributed by atoms with Gasteiger partial charge < -0.3 is 16.0 Å². The van der Waals surface area contributed by atoms with E-state index in [0.717, 1.165) is 17.0 Å². The summed E-state index contributed by atoms with van der Waals surface area (Å²) >= 11 is 0. The van der Waals surface area contributed by atoms with Gasteiger partial charge in [-0.2, -0.15) is 9.61 Å². The quantitative estimate of drug-likeness (QED) is 0.469. The Bertz CT molecular complexity index is 1260. The van der Waals surface area contributed by atoms with E-state index in [0.29, 0.717) is 35.6 Å². The molecule has 1 amide bonds. The Morgan fingerprint density at radius 1 is 1.20 bits per heavy atom. The van der Waals surface area contributed by atoms with Crippen LogP contribution < -0.4 is 16.0 Å². The number of hydrogen-bond acceptors (Lipinski definition) is 6. The molecule has 10 heteroatoms. The zero-order valence-electron chi connectivity index (χ0n) is 16.6. The molecule has 0 unspecified atom stereocenters. The number of carbonyl (C=O) groups is 1. The average Bonchev–Trinajstić information content (AvgIpc) is 3.42. The predicted molar refractivity (Wildman–Crippen MR) is 112 cm³/mol. The molecule has 9 nitrogen and oxygen atoms in total. The highest BCUT2D eigenvalue weighted by molar-refractivity contribution is 6.00. The second-order valence-corrected chi connectivity index (χ2v) is 7.25. The number of pyridine rings is 1. The molecule has 5 rings (SSSR count). The number of nitrogens with zero attached hydrogens (tertiary/aromatic N) is 5. The number of rotatable bonds is 5. The van der Waals surface area contributed by atoms with Crippen molar-refractivity contribution < 1.29 is 9.18 Å². The molecule has 4 aromatic rings. The van der Waals surface area contributed by atoms with Gasteiger partial charge in [-0.25, -0.2) is 14.4 Å². The number of amides is 1. The monoisotopic (exact) mass is 408 g/mol. The van der Waals surface area contributed by atoms with Crippen LogP contribution in [0.4, 0.5) is 15.9 Å². The van der Waals surface area contributed by atoms with Crippen LogP contribution in [0.1, 0.15) is 23.2 Å². The lowest BCUT2D eigenvalue weighted by Gasteiger charge is -2.30. The first-order valence-electron chi connectivity index (χ1n) is 9.76. The van der Waals surface area contributed by atoms with Crippen LogP contribution in [0.5, 0.6) is 0 Å². The smallest absolute Gasteiger partial charge is 0.257 e. The molecule has 0 aromatic carbocycles. The van der Waals surface area contributed by atoms with Crippen LogP contribution in [0.2, 0.25) is 0 Å². The standard InChI is InChI=1S/C20H21FN8O/c1-22-14-5-6-16(28-8-7-24-19(14)28)15-9-17(23-2)29-18(26-15)11(10-25-29)20(30)27-13-4-3-12(13)21/h5-10,12-13,22-23H,3-4H2,1-2H3,(H,27,30)/t12-,13+/m1/s1. The summed E-state index contributed by atoms with van der Waals surface area (Å²) in [6.45, 7) is 0. The SMILES string of the molecule is CNc1ccc(-c2cc(NC)n3ncc(C(=O)N[C@H]4CC[C@H]4F)c3n2)n2ccnc12. The Kier molecular flexibility index (Phi) is 4.27. The van der Waals surface area contributed by atoms with Crippen molar-refractivity contribution in [2.24, 2.45) is 0 Å². The number of nitrogens with one attached hydrogen (secondary N) is 3. The van der Waals surface area contributed by atoms with Crippen LogP contribution in [0.15, 0.2) is 36.8 Å². The fraction of sp³-hybridized carbons (Fsp3) is 0.300. The lowest BCUT2D eigenvalue weighted by atomic mass is 9.90. The molecule has 0 radical (unpaired) electrons. The van der Waals surface area contributed by atoms with Crippen molar-refractivity contribution in [3.05, 3.63) is 42.4 Å². The number of imidazole rings is 1. The Morgan fingerprint density at radius 2 is 2.07 bits per heavy atom. The zero-order chi connectivity index (χ0) is 20.8. The third-order valence-corrected chi connectivity index (χ3v) is 5.56. The summed E-state index contributed by atoms with van der Waals surface area (Å²) in [4.78, 5) is 21.9. The van der Waals surface area contributed by atoms with E-state index in [4.69, 9.17) is 4.98 Å². The van der Waals surface area contributed by atoms with E-state index in [1.165, 1.54) is 6.20 Å². The third-order valence-electron chi connectivity index (χ3n) is 5.56. The fourth-order valence-corrected chi connectivity index (χ4v) is 3.72. The summed E-state index contributed by atoms with van der Waals surface area (Å²) in [5, 5.41) is 13.3. The number of carbonyl (C=O) groups excluding carboxylic acids is 1. The van der Waals surface area contributed by atoms with Gasteiger partial charge in [0.1, 0.15) is 17.6 Å². The summed E-state index contributed by atoms with van der Waals surface area (Å²) in [7, 11) is 3.62. The number of anilines is 2. The van der Waals surface area contributed by atoms with Crippen molar-refractivity contribution >= 4 is 28.7 Å². The Morgan fingerprint density at radius 3 is 2.77 bits per heavy atom. The number of fused-ring (bicyclic) bond motifs is 2. The van der Waals surface area contributed by atoms with Crippen molar-refractivity contribution in [2.75, 3.05) is 24.7 Å². The zero-order valence-corrected chi connectivity index (χ0v) is 16.6.